The van der Waals surface area contributed by atoms with Gasteiger partial charge in [0.1, 0.15) is 6.10 Å². The first-order valence-electron chi connectivity index (χ1n) is 23.2. The number of ether oxygens (including phenoxy) is 1. The molecule has 6 heteroatoms. The lowest BCUT2D eigenvalue weighted by Crippen LogP contribution is -2.46. The minimum absolute atomic E-state index is 0.0339. The van der Waals surface area contributed by atoms with Crippen molar-refractivity contribution >= 4 is 11.9 Å². The molecule has 1 amide bonds. The molecule has 56 heavy (non-hydrogen) atoms. The molecule has 322 valence electrons. The molecule has 0 aliphatic heterocycles. The minimum Gasteiger partial charge on any atom is -0.462 e. The molecule has 0 radical (unpaired) electrons. The van der Waals surface area contributed by atoms with Crippen LogP contribution in [0, 0.1) is 0 Å². The fourth-order valence-corrected chi connectivity index (χ4v) is 6.52. The zero-order valence-electron chi connectivity index (χ0n) is 36.5. The second kappa shape index (κ2) is 43.4. The third-order valence-corrected chi connectivity index (χ3v) is 10.0. The van der Waals surface area contributed by atoms with Gasteiger partial charge in [-0.15, -0.1) is 0 Å². The van der Waals surface area contributed by atoms with Crippen LogP contribution < -0.4 is 5.32 Å². The average Bonchev–Trinajstić information content (AvgIpc) is 3.19. The molecule has 0 spiro atoms. The summed E-state index contributed by atoms with van der Waals surface area (Å²) in [5.41, 5.74) is 0. The number of carbonyl (C=O) groups is 2. The van der Waals surface area contributed by atoms with Crippen molar-refractivity contribution in [3.63, 3.8) is 0 Å². The van der Waals surface area contributed by atoms with Crippen molar-refractivity contribution in [2.24, 2.45) is 0 Å². The van der Waals surface area contributed by atoms with Crippen molar-refractivity contribution in [1.82, 2.24) is 5.32 Å². The molecule has 0 aromatic carbocycles. The summed E-state index contributed by atoms with van der Waals surface area (Å²) in [4.78, 5) is 25.9. The summed E-state index contributed by atoms with van der Waals surface area (Å²) in [6.07, 6.45) is 54.0. The lowest BCUT2D eigenvalue weighted by Gasteiger charge is -2.24. The monoisotopic (exact) mass is 782 g/mol. The van der Waals surface area contributed by atoms with Gasteiger partial charge in [0.15, 0.2) is 0 Å². The molecular formula is C50H87NO5. The fourth-order valence-electron chi connectivity index (χ4n) is 6.52. The van der Waals surface area contributed by atoms with E-state index < -0.39 is 18.2 Å². The molecule has 0 saturated heterocycles. The number of aliphatic hydroxyl groups is 2. The Hall–Kier alpha value is -2.70. The highest BCUT2D eigenvalue weighted by Gasteiger charge is 2.24. The molecule has 0 fully saturated rings. The number of hydrogen-bond acceptors (Lipinski definition) is 5. The second-order valence-corrected chi connectivity index (χ2v) is 15.4. The molecule has 0 bridgehead atoms. The summed E-state index contributed by atoms with van der Waals surface area (Å²) in [6, 6.07) is -0.721. The van der Waals surface area contributed by atoms with E-state index in [1.54, 1.807) is 0 Å². The lowest BCUT2D eigenvalue weighted by atomic mass is 10.0. The zero-order valence-corrected chi connectivity index (χ0v) is 36.5. The maximum atomic E-state index is 13.1. The van der Waals surface area contributed by atoms with E-state index >= 15 is 0 Å². The Balaban J connectivity index is 4.65. The third-order valence-electron chi connectivity index (χ3n) is 10.0. The van der Waals surface area contributed by atoms with Gasteiger partial charge in [0.05, 0.1) is 25.2 Å². The van der Waals surface area contributed by atoms with Gasteiger partial charge in [-0.2, -0.15) is 0 Å². The summed E-state index contributed by atoms with van der Waals surface area (Å²) < 4.78 is 5.84. The van der Waals surface area contributed by atoms with E-state index in [1.165, 1.54) is 70.6 Å². The van der Waals surface area contributed by atoms with Gasteiger partial charge < -0.3 is 20.3 Å². The van der Waals surface area contributed by atoms with Crippen molar-refractivity contribution in [2.75, 3.05) is 6.61 Å². The lowest BCUT2D eigenvalue weighted by molar-refractivity contribution is -0.150. The van der Waals surface area contributed by atoms with E-state index in [4.69, 9.17) is 4.74 Å². The Morgan fingerprint density at radius 3 is 1.52 bits per heavy atom. The first-order chi connectivity index (χ1) is 27.5. The molecule has 3 atom stereocenters. The van der Waals surface area contributed by atoms with Crippen LogP contribution in [0.25, 0.3) is 0 Å². The highest BCUT2D eigenvalue weighted by molar-refractivity contribution is 5.77. The SMILES string of the molecule is CC/C=C/C/C=C/C/C=C/C/C=C/C/C=C/CCC(=O)OC(CCCCC/C=C\CCCC)CC(=O)NC(CO)C(O)CCCCCCCCCCCCCC. The Kier molecular flexibility index (Phi) is 41.3. The molecule has 3 unspecified atom stereocenters. The first-order valence-corrected chi connectivity index (χ1v) is 23.2. The molecule has 0 heterocycles. The topological polar surface area (TPSA) is 95.9 Å². The van der Waals surface area contributed by atoms with Crippen LogP contribution >= 0.6 is 0 Å². The van der Waals surface area contributed by atoms with Gasteiger partial charge in [0.2, 0.25) is 5.91 Å². The number of unbranched alkanes of at least 4 members (excludes halogenated alkanes) is 16. The van der Waals surface area contributed by atoms with Gasteiger partial charge in [-0.05, 0) is 77.0 Å². The van der Waals surface area contributed by atoms with Gasteiger partial charge in [-0.3, -0.25) is 9.59 Å². The van der Waals surface area contributed by atoms with E-state index in [2.05, 4.69) is 92.9 Å². The van der Waals surface area contributed by atoms with Crippen molar-refractivity contribution in [3.8, 4) is 0 Å². The Labute approximate surface area is 345 Å². The van der Waals surface area contributed by atoms with Crippen molar-refractivity contribution < 1.29 is 24.5 Å². The summed E-state index contributed by atoms with van der Waals surface area (Å²) in [7, 11) is 0. The number of aliphatic hydroxyl groups excluding tert-OH is 2. The number of carbonyl (C=O) groups excluding carboxylic acids is 2. The van der Waals surface area contributed by atoms with Crippen LogP contribution in [0.1, 0.15) is 207 Å². The summed E-state index contributed by atoms with van der Waals surface area (Å²) in [6.45, 7) is 6.28. The molecule has 0 aromatic heterocycles. The number of hydrogen-bond donors (Lipinski definition) is 3. The van der Waals surface area contributed by atoms with E-state index in [-0.39, 0.29) is 31.3 Å². The van der Waals surface area contributed by atoms with Crippen LogP contribution in [0.15, 0.2) is 72.9 Å². The standard InChI is InChI=1S/C50H87NO5/c1-4-7-10-13-16-19-21-23-24-25-26-28-31-34-37-40-43-50(55)56-46(41-38-35-32-29-18-15-12-9-6-3)44-49(54)51-47(45-52)48(53)42-39-36-33-30-27-22-20-17-14-11-8-5-2/h7,10,15-16,18-19,23-24,26,28,34,37,46-48,52-53H,4-6,8-9,11-14,17,20-22,25,27,29-33,35-36,38-45H2,1-3H3,(H,51,54)/b10-7+,18-15-,19-16+,24-23+,28-26+,37-34+. The van der Waals surface area contributed by atoms with Crippen LogP contribution in [0.5, 0.6) is 0 Å². The minimum atomic E-state index is -0.804. The van der Waals surface area contributed by atoms with Gasteiger partial charge in [0.25, 0.3) is 0 Å². The Morgan fingerprint density at radius 1 is 0.536 bits per heavy atom. The van der Waals surface area contributed by atoms with Crippen molar-refractivity contribution in [1.29, 1.82) is 0 Å². The predicted octanol–water partition coefficient (Wildman–Crippen LogP) is 13.4. The number of esters is 1. The number of rotatable bonds is 40. The van der Waals surface area contributed by atoms with E-state index in [0.29, 0.717) is 19.3 Å². The van der Waals surface area contributed by atoms with Crippen molar-refractivity contribution in [2.45, 2.75) is 225 Å². The largest absolute Gasteiger partial charge is 0.462 e. The highest BCUT2D eigenvalue weighted by Crippen LogP contribution is 2.16. The molecule has 0 aliphatic carbocycles. The van der Waals surface area contributed by atoms with Crippen LogP contribution in [0.4, 0.5) is 0 Å². The van der Waals surface area contributed by atoms with Crippen molar-refractivity contribution in [3.05, 3.63) is 72.9 Å². The van der Waals surface area contributed by atoms with Gasteiger partial charge in [-0.25, -0.2) is 0 Å². The van der Waals surface area contributed by atoms with E-state index in [0.717, 1.165) is 83.5 Å². The van der Waals surface area contributed by atoms with Gasteiger partial charge in [-0.1, -0.05) is 190 Å². The van der Waals surface area contributed by atoms with Crippen LogP contribution in [-0.2, 0) is 14.3 Å². The fraction of sp³-hybridized carbons (Fsp3) is 0.720. The van der Waals surface area contributed by atoms with Crippen LogP contribution in [-0.4, -0.2) is 46.9 Å². The van der Waals surface area contributed by atoms with Gasteiger partial charge >= 0.3 is 5.97 Å². The molecular weight excluding hydrogens is 695 g/mol. The predicted molar refractivity (Wildman–Crippen MR) is 241 cm³/mol. The summed E-state index contributed by atoms with van der Waals surface area (Å²) in [5, 5.41) is 23.6. The second-order valence-electron chi connectivity index (χ2n) is 15.4. The average molecular weight is 782 g/mol. The van der Waals surface area contributed by atoms with E-state index in [9.17, 15) is 19.8 Å². The summed E-state index contributed by atoms with van der Waals surface area (Å²) >= 11 is 0. The zero-order chi connectivity index (χ0) is 41.0. The molecule has 0 aromatic rings. The van der Waals surface area contributed by atoms with Crippen LogP contribution in [0.3, 0.4) is 0 Å². The molecule has 6 nitrogen and oxygen atoms in total. The quantitative estimate of drug-likeness (QED) is 0.0327. The van der Waals surface area contributed by atoms with E-state index in [1.807, 2.05) is 6.08 Å². The number of nitrogens with one attached hydrogen (secondary N) is 1. The Morgan fingerprint density at radius 2 is 0.982 bits per heavy atom. The smallest absolute Gasteiger partial charge is 0.306 e. The molecule has 0 rings (SSSR count). The normalized spacial score (nSPS) is 14.0. The Bertz CT molecular complexity index is 1060. The first kappa shape index (κ1) is 53.3. The van der Waals surface area contributed by atoms with Crippen LogP contribution in [0.2, 0.25) is 0 Å². The maximum Gasteiger partial charge on any atom is 0.306 e. The number of allylic oxidation sites excluding steroid dienone is 12. The molecule has 0 aliphatic rings. The number of amides is 1. The molecule has 0 saturated carbocycles. The summed E-state index contributed by atoms with van der Waals surface area (Å²) in [5.74, 6) is -0.597. The van der Waals surface area contributed by atoms with Gasteiger partial charge in [0, 0.05) is 6.42 Å². The maximum absolute atomic E-state index is 13.1. The third kappa shape index (κ3) is 38.2. The molecule has 3 N–H and O–H groups in total. The highest BCUT2D eigenvalue weighted by atomic mass is 16.5.